The van der Waals surface area contributed by atoms with Gasteiger partial charge in [0.05, 0.1) is 18.1 Å². The molecule has 1 unspecified atom stereocenters. The van der Waals surface area contributed by atoms with E-state index in [-0.39, 0.29) is 17.9 Å². The molecule has 2 aliphatic heterocycles. The second-order valence-electron chi connectivity index (χ2n) is 8.72. The third-order valence-corrected chi connectivity index (χ3v) is 6.56. The molecular formula is C23H27N3O4. The lowest BCUT2D eigenvalue weighted by Crippen LogP contribution is -2.50. The van der Waals surface area contributed by atoms with E-state index in [9.17, 15) is 9.59 Å². The molecular weight excluding hydrogens is 382 g/mol. The Bertz CT molecular complexity index is 914. The van der Waals surface area contributed by atoms with E-state index in [0.717, 1.165) is 13.0 Å². The second-order valence-corrected chi connectivity index (χ2v) is 8.72. The molecule has 2 fully saturated rings. The minimum atomic E-state index is -0.448. The van der Waals surface area contributed by atoms with Gasteiger partial charge in [-0.15, -0.1) is 0 Å². The van der Waals surface area contributed by atoms with Gasteiger partial charge in [0, 0.05) is 25.7 Å². The summed E-state index contributed by atoms with van der Waals surface area (Å²) in [7, 11) is 0. The zero-order valence-corrected chi connectivity index (χ0v) is 17.0. The first-order valence-corrected chi connectivity index (χ1v) is 10.9. The lowest BCUT2D eigenvalue weighted by Gasteiger charge is -2.47. The van der Waals surface area contributed by atoms with Crippen molar-refractivity contribution in [3.63, 3.8) is 0 Å². The summed E-state index contributed by atoms with van der Waals surface area (Å²) < 4.78 is 11.4. The highest BCUT2D eigenvalue weighted by Gasteiger charge is 2.44. The summed E-state index contributed by atoms with van der Waals surface area (Å²) in [6.45, 7) is 1.95. The van der Waals surface area contributed by atoms with Crippen LogP contribution in [0.5, 0.6) is 0 Å². The normalized spacial score (nSPS) is 22.5. The van der Waals surface area contributed by atoms with Crippen LogP contribution in [-0.4, -0.2) is 47.6 Å². The summed E-state index contributed by atoms with van der Waals surface area (Å²) in [5.41, 5.74) is 2.34. The number of carbonyl (C=O) groups is 2. The number of piperidine rings is 1. The van der Waals surface area contributed by atoms with Gasteiger partial charge in [-0.3, -0.25) is 9.59 Å². The summed E-state index contributed by atoms with van der Waals surface area (Å²) >= 11 is 0. The largest absolute Gasteiger partial charge is 0.366 e. The molecule has 7 nitrogen and oxygen atoms in total. The summed E-state index contributed by atoms with van der Waals surface area (Å²) in [4.78, 5) is 26.9. The van der Waals surface area contributed by atoms with Crippen molar-refractivity contribution in [3.05, 3.63) is 53.4 Å². The zero-order valence-electron chi connectivity index (χ0n) is 17.0. The van der Waals surface area contributed by atoms with Crippen LogP contribution in [0.15, 0.2) is 41.1 Å². The molecule has 5 rings (SSSR count). The summed E-state index contributed by atoms with van der Waals surface area (Å²) in [6, 6.07) is 9.95. The number of aromatic nitrogens is 1. The van der Waals surface area contributed by atoms with Crippen molar-refractivity contribution < 1.29 is 18.8 Å². The molecule has 1 spiro atoms. The maximum absolute atomic E-state index is 12.6. The Morgan fingerprint density at radius 3 is 2.70 bits per heavy atom. The fraction of sp³-hybridized carbons (Fsp3) is 0.522. The molecule has 0 bridgehead atoms. The van der Waals surface area contributed by atoms with Gasteiger partial charge in [0.1, 0.15) is 6.26 Å². The van der Waals surface area contributed by atoms with Crippen LogP contribution in [0.1, 0.15) is 53.7 Å². The minimum absolute atomic E-state index is 0.0695. The van der Waals surface area contributed by atoms with E-state index in [1.807, 2.05) is 12.1 Å². The van der Waals surface area contributed by atoms with Crippen molar-refractivity contribution in [1.29, 1.82) is 0 Å². The van der Waals surface area contributed by atoms with Crippen LogP contribution in [0.25, 0.3) is 0 Å². The molecule has 0 radical (unpaired) electrons. The van der Waals surface area contributed by atoms with Gasteiger partial charge in [-0.2, -0.15) is 0 Å². The van der Waals surface area contributed by atoms with Crippen LogP contribution in [0, 0.1) is 5.92 Å². The minimum Gasteiger partial charge on any atom is -0.366 e. The number of nitrogens with one attached hydrogen (secondary N) is 1. The molecule has 1 N–H and O–H groups in total. The Morgan fingerprint density at radius 1 is 1.17 bits per heavy atom. The lowest BCUT2D eigenvalue weighted by atomic mass is 9.77. The molecule has 1 aromatic carbocycles. The molecule has 1 saturated carbocycles. The van der Waals surface area contributed by atoms with E-state index >= 15 is 0 Å². The van der Waals surface area contributed by atoms with Gasteiger partial charge in [-0.05, 0) is 49.1 Å². The predicted molar refractivity (Wildman–Crippen MR) is 109 cm³/mol. The molecule has 3 heterocycles. The van der Waals surface area contributed by atoms with Crippen molar-refractivity contribution in [2.75, 3.05) is 19.6 Å². The average Bonchev–Trinajstić information content (AvgIpc) is 3.43. The predicted octanol–water partition coefficient (Wildman–Crippen LogP) is 2.66. The number of carbonyl (C=O) groups excluding carboxylic acids is 2. The van der Waals surface area contributed by atoms with E-state index in [4.69, 9.17) is 9.26 Å². The van der Waals surface area contributed by atoms with Crippen molar-refractivity contribution in [2.24, 2.45) is 5.92 Å². The third kappa shape index (κ3) is 3.86. The number of fused-ring (bicyclic) bond motifs is 2. The fourth-order valence-corrected chi connectivity index (χ4v) is 4.73. The number of likely N-dealkylation sites (tertiary alicyclic amines) is 1. The van der Waals surface area contributed by atoms with E-state index in [0.29, 0.717) is 44.0 Å². The van der Waals surface area contributed by atoms with Gasteiger partial charge in [-0.1, -0.05) is 29.4 Å². The second kappa shape index (κ2) is 7.87. The van der Waals surface area contributed by atoms with E-state index in [1.165, 1.54) is 30.2 Å². The van der Waals surface area contributed by atoms with Crippen molar-refractivity contribution in [3.8, 4) is 0 Å². The molecule has 3 aliphatic rings. The van der Waals surface area contributed by atoms with Crippen LogP contribution in [0.2, 0.25) is 0 Å². The summed E-state index contributed by atoms with van der Waals surface area (Å²) in [6.07, 6.45) is 6.25. The first-order valence-electron chi connectivity index (χ1n) is 10.9. The Balaban J connectivity index is 1.29. The van der Waals surface area contributed by atoms with E-state index < -0.39 is 5.60 Å². The van der Waals surface area contributed by atoms with Crippen LogP contribution < -0.4 is 5.32 Å². The molecule has 1 aliphatic carbocycles. The standard InChI is InChI=1S/C23H27N3O4/c27-21(24-15-16-5-6-16)14-18-13-17-3-1-2-4-19(17)23(30-18)8-10-26(11-9-23)22(28)20-7-12-29-25-20/h1-4,7,12,16,18H,5-6,8-11,13-15H2,(H,24,27). The molecule has 30 heavy (non-hydrogen) atoms. The van der Waals surface area contributed by atoms with Crippen LogP contribution in [-0.2, 0) is 21.6 Å². The highest BCUT2D eigenvalue weighted by atomic mass is 16.5. The topological polar surface area (TPSA) is 84.7 Å². The zero-order chi connectivity index (χ0) is 20.6. The molecule has 2 amide bonds. The van der Waals surface area contributed by atoms with Gasteiger partial charge in [0.15, 0.2) is 5.69 Å². The number of ether oxygens (including phenoxy) is 1. The number of nitrogens with zero attached hydrogens (tertiary/aromatic N) is 2. The van der Waals surface area contributed by atoms with Gasteiger partial charge < -0.3 is 19.5 Å². The molecule has 7 heteroatoms. The highest BCUT2D eigenvalue weighted by molar-refractivity contribution is 5.92. The van der Waals surface area contributed by atoms with Crippen LogP contribution in [0.3, 0.4) is 0 Å². The Hall–Kier alpha value is -2.67. The Labute approximate surface area is 175 Å². The maximum Gasteiger partial charge on any atom is 0.276 e. The number of amides is 2. The number of hydrogen-bond donors (Lipinski definition) is 1. The number of benzene rings is 1. The SMILES string of the molecule is O=C(CC1Cc2ccccc2C2(CCN(C(=O)c3ccon3)CC2)O1)NCC1CC1. The van der Waals surface area contributed by atoms with E-state index in [1.54, 1.807) is 11.0 Å². The third-order valence-electron chi connectivity index (χ3n) is 6.56. The lowest BCUT2D eigenvalue weighted by molar-refractivity contribution is -0.147. The number of hydrogen-bond acceptors (Lipinski definition) is 5. The van der Waals surface area contributed by atoms with Gasteiger partial charge in [-0.25, -0.2) is 0 Å². The summed E-state index contributed by atoms with van der Waals surface area (Å²) in [5, 5.41) is 6.83. The molecule has 1 atom stereocenters. The highest BCUT2D eigenvalue weighted by Crippen LogP contribution is 2.44. The number of rotatable bonds is 5. The smallest absolute Gasteiger partial charge is 0.276 e. The van der Waals surface area contributed by atoms with Crippen molar-refractivity contribution in [2.45, 2.75) is 50.2 Å². The Morgan fingerprint density at radius 2 is 1.97 bits per heavy atom. The first-order chi connectivity index (χ1) is 14.6. The van der Waals surface area contributed by atoms with Gasteiger partial charge >= 0.3 is 0 Å². The monoisotopic (exact) mass is 409 g/mol. The van der Waals surface area contributed by atoms with Crippen molar-refractivity contribution in [1.82, 2.24) is 15.4 Å². The van der Waals surface area contributed by atoms with Crippen LogP contribution in [0.4, 0.5) is 0 Å². The quantitative estimate of drug-likeness (QED) is 0.821. The van der Waals surface area contributed by atoms with E-state index in [2.05, 4.69) is 22.6 Å². The van der Waals surface area contributed by atoms with Gasteiger partial charge in [0.25, 0.3) is 5.91 Å². The molecule has 1 aromatic heterocycles. The first kappa shape index (κ1) is 19.3. The maximum atomic E-state index is 12.6. The average molecular weight is 409 g/mol. The van der Waals surface area contributed by atoms with Gasteiger partial charge in [0.2, 0.25) is 5.91 Å². The fourth-order valence-electron chi connectivity index (χ4n) is 4.73. The molecule has 158 valence electrons. The molecule has 2 aromatic rings. The van der Waals surface area contributed by atoms with Crippen molar-refractivity contribution >= 4 is 11.8 Å². The molecule has 1 saturated heterocycles. The Kier molecular flexibility index (Phi) is 5.06. The summed E-state index contributed by atoms with van der Waals surface area (Å²) in [5.74, 6) is 0.624. The van der Waals surface area contributed by atoms with Crippen LogP contribution >= 0.6 is 0 Å².